The molecule has 1 fully saturated rings. The van der Waals surface area contributed by atoms with Crippen molar-refractivity contribution in [3.05, 3.63) is 17.7 Å². The van der Waals surface area contributed by atoms with Crippen molar-refractivity contribution in [2.75, 3.05) is 61.2 Å². The van der Waals surface area contributed by atoms with Crippen molar-refractivity contribution in [3.8, 4) is 17.2 Å². The van der Waals surface area contributed by atoms with Gasteiger partial charge in [0.25, 0.3) is 0 Å². The van der Waals surface area contributed by atoms with Crippen LogP contribution in [0.5, 0.6) is 17.2 Å². The molecule has 1 aliphatic heterocycles. The summed E-state index contributed by atoms with van der Waals surface area (Å²) in [6.07, 6.45) is 2.32. The van der Waals surface area contributed by atoms with Crippen LogP contribution in [0.15, 0.2) is 17.1 Å². The lowest BCUT2D eigenvalue weighted by Crippen LogP contribution is -2.53. The molecule has 1 aromatic rings. The first-order chi connectivity index (χ1) is 15.1. The molecule has 176 valence electrons. The Morgan fingerprint density at radius 2 is 1.65 bits per heavy atom. The van der Waals surface area contributed by atoms with Gasteiger partial charge in [0.15, 0.2) is 5.96 Å². The molecule has 2 rings (SSSR count). The Labute approximate surface area is 187 Å². The Morgan fingerprint density at radius 1 is 1.03 bits per heavy atom. The summed E-state index contributed by atoms with van der Waals surface area (Å²) in [6.45, 7) is 9.48. The van der Waals surface area contributed by atoms with Gasteiger partial charge in [0.1, 0.15) is 17.2 Å². The number of benzene rings is 1. The van der Waals surface area contributed by atoms with Crippen LogP contribution in [-0.2, 0) is 11.3 Å². The Hall–Kier alpha value is -2.19. The summed E-state index contributed by atoms with van der Waals surface area (Å²) in [5.74, 6) is 3.50. The van der Waals surface area contributed by atoms with E-state index in [1.54, 1.807) is 28.4 Å². The van der Waals surface area contributed by atoms with Crippen LogP contribution in [0.25, 0.3) is 0 Å². The molecule has 0 radical (unpaired) electrons. The molecule has 31 heavy (non-hydrogen) atoms. The van der Waals surface area contributed by atoms with Gasteiger partial charge in [-0.15, -0.1) is 0 Å². The summed E-state index contributed by atoms with van der Waals surface area (Å²) in [6, 6.07) is 4.16. The minimum absolute atomic E-state index is 0.447. The first-order valence-electron chi connectivity index (χ1n) is 11.2. The highest BCUT2D eigenvalue weighted by atomic mass is 16.5. The van der Waals surface area contributed by atoms with Crippen LogP contribution in [0.2, 0.25) is 0 Å². The fourth-order valence-corrected chi connectivity index (χ4v) is 4.18. The van der Waals surface area contributed by atoms with Gasteiger partial charge in [-0.1, -0.05) is 26.7 Å². The molecule has 0 aliphatic carbocycles. The summed E-state index contributed by atoms with van der Waals surface area (Å²) in [5.41, 5.74) is 0.915. The molecular weight excluding hydrogens is 396 g/mol. The summed E-state index contributed by atoms with van der Waals surface area (Å²) in [5, 5.41) is 6.93. The van der Waals surface area contributed by atoms with Crippen molar-refractivity contribution < 1.29 is 18.9 Å². The first-order valence-corrected chi connectivity index (χ1v) is 11.2. The fraction of sp³-hybridized carbons (Fsp3) is 0.696. The number of nitrogens with zero attached hydrogens (tertiary/aromatic N) is 2. The zero-order valence-electron chi connectivity index (χ0n) is 20.0. The standard InChI is InChI=1S/C23H40N4O4/c1-7-17(8-2)20(27-9-11-31-12-10-27)16-26-23(24-3)25-15-19-21(29-5)13-18(28-4)14-22(19)30-6/h13-14,17,20H,7-12,15-16H2,1-6H3,(H2,24,25,26). The van der Waals surface area contributed by atoms with Crippen molar-refractivity contribution in [1.82, 2.24) is 15.5 Å². The molecule has 8 nitrogen and oxygen atoms in total. The lowest BCUT2D eigenvalue weighted by atomic mass is 9.92. The molecule has 1 saturated heterocycles. The Kier molecular flexibility index (Phi) is 10.7. The molecule has 0 bridgehead atoms. The van der Waals surface area contributed by atoms with E-state index in [4.69, 9.17) is 18.9 Å². The highest BCUT2D eigenvalue weighted by Gasteiger charge is 2.27. The number of rotatable bonds is 11. The van der Waals surface area contributed by atoms with Crippen LogP contribution >= 0.6 is 0 Å². The number of guanidine groups is 1. The second-order valence-electron chi connectivity index (χ2n) is 7.61. The number of hydrogen-bond donors (Lipinski definition) is 2. The second-order valence-corrected chi connectivity index (χ2v) is 7.61. The quantitative estimate of drug-likeness (QED) is 0.408. The van der Waals surface area contributed by atoms with Gasteiger partial charge < -0.3 is 29.6 Å². The highest BCUT2D eigenvalue weighted by molar-refractivity contribution is 5.79. The van der Waals surface area contributed by atoms with Crippen molar-refractivity contribution >= 4 is 5.96 Å². The largest absolute Gasteiger partial charge is 0.496 e. The third kappa shape index (κ3) is 6.90. The van der Waals surface area contributed by atoms with E-state index in [1.807, 2.05) is 12.1 Å². The van der Waals surface area contributed by atoms with E-state index >= 15 is 0 Å². The Balaban J connectivity index is 2.06. The molecule has 1 atom stereocenters. The molecular formula is C23H40N4O4. The van der Waals surface area contributed by atoms with Crippen molar-refractivity contribution in [1.29, 1.82) is 0 Å². The average Bonchev–Trinajstić information content (AvgIpc) is 2.83. The van der Waals surface area contributed by atoms with Gasteiger partial charge >= 0.3 is 0 Å². The molecule has 1 aliphatic rings. The summed E-state index contributed by atoms with van der Waals surface area (Å²) < 4.78 is 22.0. The van der Waals surface area contributed by atoms with Crippen molar-refractivity contribution in [2.24, 2.45) is 10.9 Å². The maximum atomic E-state index is 5.56. The maximum absolute atomic E-state index is 5.56. The topological polar surface area (TPSA) is 76.6 Å². The van der Waals surface area contributed by atoms with Gasteiger partial charge in [-0.05, 0) is 5.92 Å². The SMILES string of the molecule is CCC(CC)C(CNC(=NC)NCc1c(OC)cc(OC)cc1OC)N1CCOCC1. The maximum Gasteiger partial charge on any atom is 0.191 e. The summed E-state index contributed by atoms with van der Waals surface area (Å²) >= 11 is 0. The van der Waals surface area contributed by atoms with E-state index in [-0.39, 0.29) is 0 Å². The minimum Gasteiger partial charge on any atom is -0.496 e. The number of morpholine rings is 1. The Bertz CT molecular complexity index is 663. The highest BCUT2D eigenvalue weighted by Crippen LogP contribution is 2.33. The lowest BCUT2D eigenvalue weighted by Gasteiger charge is -2.39. The van der Waals surface area contributed by atoms with Crippen LogP contribution in [0, 0.1) is 5.92 Å². The zero-order valence-corrected chi connectivity index (χ0v) is 20.0. The van der Waals surface area contributed by atoms with Gasteiger partial charge in [-0.2, -0.15) is 0 Å². The van der Waals surface area contributed by atoms with E-state index in [2.05, 4.69) is 34.4 Å². The van der Waals surface area contributed by atoms with Crippen LogP contribution in [0.1, 0.15) is 32.3 Å². The predicted octanol–water partition coefficient (Wildman–Crippen LogP) is 2.51. The normalized spacial score (nSPS) is 16.2. The molecule has 1 heterocycles. The van der Waals surface area contributed by atoms with Crippen LogP contribution < -0.4 is 24.8 Å². The van der Waals surface area contributed by atoms with Crippen LogP contribution in [0.3, 0.4) is 0 Å². The lowest BCUT2D eigenvalue weighted by molar-refractivity contribution is 0.00272. The third-order valence-electron chi connectivity index (χ3n) is 6.06. The molecule has 0 amide bonds. The van der Waals surface area contributed by atoms with E-state index in [0.29, 0.717) is 35.8 Å². The zero-order chi connectivity index (χ0) is 22.6. The Morgan fingerprint density at radius 3 is 2.13 bits per heavy atom. The van der Waals surface area contributed by atoms with Gasteiger partial charge in [0.05, 0.1) is 46.7 Å². The van der Waals surface area contributed by atoms with Gasteiger partial charge in [0.2, 0.25) is 0 Å². The van der Waals surface area contributed by atoms with Crippen LogP contribution in [-0.4, -0.2) is 78.1 Å². The fourth-order valence-electron chi connectivity index (χ4n) is 4.18. The number of hydrogen-bond acceptors (Lipinski definition) is 6. The monoisotopic (exact) mass is 436 g/mol. The van der Waals surface area contributed by atoms with Crippen molar-refractivity contribution in [3.63, 3.8) is 0 Å². The molecule has 1 aromatic carbocycles. The minimum atomic E-state index is 0.447. The van der Waals surface area contributed by atoms with E-state index in [0.717, 1.165) is 57.2 Å². The van der Waals surface area contributed by atoms with E-state index < -0.39 is 0 Å². The molecule has 0 aromatic heterocycles. The number of methoxy groups -OCH3 is 3. The van der Waals surface area contributed by atoms with Gasteiger partial charge in [-0.3, -0.25) is 9.89 Å². The number of nitrogens with one attached hydrogen (secondary N) is 2. The third-order valence-corrected chi connectivity index (χ3v) is 6.06. The predicted molar refractivity (Wildman–Crippen MR) is 125 cm³/mol. The average molecular weight is 437 g/mol. The first kappa shape index (κ1) is 25.1. The van der Waals surface area contributed by atoms with Crippen molar-refractivity contribution in [2.45, 2.75) is 39.3 Å². The smallest absolute Gasteiger partial charge is 0.191 e. The van der Waals surface area contributed by atoms with Gasteiger partial charge in [-0.25, -0.2) is 0 Å². The molecule has 0 saturated carbocycles. The number of aliphatic imine (C=N–C) groups is 1. The number of ether oxygens (including phenoxy) is 4. The molecule has 8 heteroatoms. The summed E-state index contributed by atoms with van der Waals surface area (Å²) in [7, 11) is 6.71. The van der Waals surface area contributed by atoms with Gasteiger partial charge in [0, 0.05) is 44.9 Å². The van der Waals surface area contributed by atoms with E-state index in [9.17, 15) is 0 Å². The molecule has 1 unspecified atom stereocenters. The molecule has 0 spiro atoms. The second kappa shape index (κ2) is 13.3. The van der Waals surface area contributed by atoms with Crippen LogP contribution in [0.4, 0.5) is 0 Å². The summed E-state index contributed by atoms with van der Waals surface area (Å²) in [4.78, 5) is 6.97. The van der Waals surface area contributed by atoms with E-state index in [1.165, 1.54) is 0 Å². The molecule has 2 N–H and O–H groups in total.